The van der Waals surface area contributed by atoms with Crippen molar-refractivity contribution in [2.45, 2.75) is 57.9 Å². The Morgan fingerprint density at radius 1 is 1.39 bits per heavy atom. The molecule has 4 nitrogen and oxygen atoms in total. The molecule has 0 aliphatic carbocycles. The van der Waals surface area contributed by atoms with Gasteiger partial charge in [0.1, 0.15) is 0 Å². The van der Waals surface area contributed by atoms with E-state index in [4.69, 9.17) is 0 Å². The van der Waals surface area contributed by atoms with Crippen LogP contribution in [0.4, 0.5) is 0 Å². The fourth-order valence-corrected chi connectivity index (χ4v) is 3.36. The number of rotatable bonds is 6. The Morgan fingerprint density at radius 2 is 2.06 bits per heavy atom. The minimum Gasteiger partial charge on any atom is -0.311 e. The van der Waals surface area contributed by atoms with Gasteiger partial charge in [-0.05, 0) is 27.2 Å². The summed E-state index contributed by atoms with van der Waals surface area (Å²) in [5.41, 5.74) is 0. The monoisotopic (exact) mass is 276 g/mol. The van der Waals surface area contributed by atoms with E-state index < -0.39 is 9.84 Å². The van der Waals surface area contributed by atoms with Crippen molar-refractivity contribution in [2.24, 2.45) is 0 Å². The standard InChI is InChI=1S/C13H28N2O2S/c1-5-6-13-9-14-12(4)10-15(13)7-8-18(16,17)11(2)3/h11-14H,5-10H2,1-4H3. The molecule has 0 spiro atoms. The Hall–Kier alpha value is -0.130. The van der Waals surface area contributed by atoms with Gasteiger partial charge in [0.15, 0.2) is 9.84 Å². The van der Waals surface area contributed by atoms with Crippen molar-refractivity contribution in [1.29, 1.82) is 0 Å². The van der Waals surface area contributed by atoms with Crippen LogP contribution in [0.1, 0.15) is 40.5 Å². The third kappa shape index (κ3) is 4.52. The first-order valence-electron chi connectivity index (χ1n) is 7.05. The van der Waals surface area contributed by atoms with E-state index in [1.165, 1.54) is 0 Å². The SMILES string of the molecule is CCCC1CNC(C)CN1CCS(=O)(=O)C(C)C. The average molecular weight is 276 g/mol. The van der Waals surface area contributed by atoms with Crippen molar-refractivity contribution in [1.82, 2.24) is 10.2 Å². The average Bonchev–Trinajstić information content (AvgIpc) is 2.29. The molecule has 1 N–H and O–H groups in total. The van der Waals surface area contributed by atoms with Gasteiger partial charge in [0, 0.05) is 31.7 Å². The van der Waals surface area contributed by atoms with Gasteiger partial charge < -0.3 is 5.32 Å². The minimum atomic E-state index is -2.92. The fourth-order valence-electron chi connectivity index (χ4n) is 2.40. The van der Waals surface area contributed by atoms with Gasteiger partial charge in [-0.15, -0.1) is 0 Å². The van der Waals surface area contributed by atoms with Crippen molar-refractivity contribution in [3.63, 3.8) is 0 Å². The lowest BCUT2D eigenvalue weighted by Gasteiger charge is -2.39. The van der Waals surface area contributed by atoms with Crippen molar-refractivity contribution in [3.05, 3.63) is 0 Å². The number of piperazine rings is 1. The molecule has 1 heterocycles. The topological polar surface area (TPSA) is 49.4 Å². The normalized spacial score (nSPS) is 26.7. The Bertz CT molecular complexity index is 341. The lowest BCUT2D eigenvalue weighted by Crippen LogP contribution is -2.56. The van der Waals surface area contributed by atoms with Gasteiger partial charge in [-0.2, -0.15) is 0 Å². The van der Waals surface area contributed by atoms with Gasteiger partial charge >= 0.3 is 0 Å². The highest BCUT2D eigenvalue weighted by Gasteiger charge is 2.26. The Balaban J connectivity index is 2.56. The molecule has 1 aliphatic heterocycles. The molecular formula is C13H28N2O2S. The van der Waals surface area contributed by atoms with Crippen LogP contribution in [0, 0.1) is 0 Å². The van der Waals surface area contributed by atoms with E-state index in [2.05, 4.69) is 24.1 Å². The zero-order chi connectivity index (χ0) is 13.8. The molecule has 1 saturated heterocycles. The zero-order valence-corrected chi connectivity index (χ0v) is 13.0. The summed E-state index contributed by atoms with van der Waals surface area (Å²) in [7, 11) is -2.92. The van der Waals surface area contributed by atoms with Crippen LogP contribution in [0.2, 0.25) is 0 Å². The molecule has 108 valence electrons. The molecule has 2 unspecified atom stereocenters. The summed E-state index contributed by atoms with van der Waals surface area (Å²) in [5, 5.41) is 3.21. The molecule has 0 amide bonds. The smallest absolute Gasteiger partial charge is 0.153 e. The van der Waals surface area contributed by atoms with Gasteiger partial charge in [0.05, 0.1) is 11.0 Å². The predicted octanol–water partition coefficient (Wildman–Crippen LogP) is 1.27. The van der Waals surface area contributed by atoms with E-state index in [1.807, 2.05) is 0 Å². The van der Waals surface area contributed by atoms with Gasteiger partial charge in [0.25, 0.3) is 0 Å². The highest BCUT2D eigenvalue weighted by atomic mass is 32.2. The third-order valence-electron chi connectivity index (χ3n) is 3.73. The van der Waals surface area contributed by atoms with E-state index in [0.29, 0.717) is 18.6 Å². The molecule has 1 fully saturated rings. The first kappa shape index (κ1) is 15.9. The molecule has 0 aromatic carbocycles. The third-order valence-corrected chi connectivity index (χ3v) is 5.92. The molecule has 1 rings (SSSR count). The summed E-state index contributed by atoms with van der Waals surface area (Å²) in [6, 6.07) is 0.952. The van der Waals surface area contributed by atoms with Crippen LogP contribution < -0.4 is 5.32 Å². The molecule has 18 heavy (non-hydrogen) atoms. The van der Waals surface area contributed by atoms with Gasteiger partial charge in [0.2, 0.25) is 0 Å². The molecule has 2 atom stereocenters. The highest BCUT2D eigenvalue weighted by Crippen LogP contribution is 2.13. The second-order valence-electron chi connectivity index (χ2n) is 5.66. The summed E-state index contributed by atoms with van der Waals surface area (Å²) in [5.74, 6) is 0.289. The van der Waals surface area contributed by atoms with E-state index in [1.54, 1.807) is 13.8 Å². The Kier molecular flexibility index (Phi) is 6.08. The number of nitrogens with zero attached hydrogens (tertiary/aromatic N) is 1. The van der Waals surface area contributed by atoms with Gasteiger partial charge in [-0.1, -0.05) is 13.3 Å². The summed E-state index contributed by atoms with van der Waals surface area (Å²) in [6.45, 7) is 10.5. The van der Waals surface area contributed by atoms with Crippen LogP contribution in [0.25, 0.3) is 0 Å². The first-order chi connectivity index (χ1) is 8.36. The molecule has 0 saturated carbocycles. The van der Waals surface area contributed by atoms with E-state index in [-0.39, 0.29) is 11.0 Å². The molecule has 0 aromatic rings. The number of sulfone groups is 1. The van der Waals surface area contributed by atoms with Crippen LogP contribution in [0.15, 0.2) is 0 Å². The van der Waals surface area contributed by atoms with Crippen molar-refractivity contribution < 1.29 is 8.42 Å². The largest absolute Gasteiger partial charge is 0.311 e. The molecule has 0 radical (unpaired) electrons. The number of hydrogen-bond donors (Lipinski definition) is 1. The Labute approximate surface area is 112 Å². The molecule has 5 heteroatoms. The second kappa shape index (κ2) is 6.87. The molecule has 1 aliphatic rings. The molecule has 0 aromatic heterocycles. The summed E-state index contributed by atoms with van der Waals surface area (Å²) >= 11 is 0. The minimum absolute atomic E-state index is 0.262. The van der Waals surface area contributed by atoms with Crippen LogP contribution in [-0.2, 0) is 9.84 Å². The van der Waals surface area contributed by atoms with Crippen LogP contribution in [-0.4, -0.2) is 56.0 Å². The fraction of sp³-hybridized carbons (Fsp3) is 1.00. The van der Waals surface area contributed by atoms with Crippen LogP contribution in [0.3, 0.4) is 0 Å². The summed E-state index contributed by atoms with van der Waals surface area (Å²) < 4.78 is 23.8. The van der Waals surface area contributed by atoms with Crippen molar-refractivity contribution in [2.75, 3.05) is 25.4 Å². The lowest BCUT2D eigenvalue weighted by atomic mass is 10.1. The van der Waals surface area contributed by atoms with E-state index in [9.17, 15) is 8.42 Å². The molecule has 0 bridgehead atoms. The van der Waals surface area contributed by atoms with Crippen LogP contribution in [0.5, 0.6) is 0 Å². The van der Waals surface area contributed by atoms with E-state index >= 15 is 0 Å². The summed E-state index contributed by atoms with van der Waals surface area (Å²) in [4.78, 5) is 2.35. The zero-order valence-electron chi connectivity index (χ0n) is 12.1. The number of nitrogens with one attached hydrogen (secondary N) is 1. The van der Waals surface area contributed by atoms with E-state index in [0.717, 1.165) is 25.9 Å². The van der Waals surface area contributed by atoms with Crippen molar-refractivity contribution in [3.8, 4) is 0 Å². The Morgan fingerprint density at radius 3 is 2.61 bits per heavy atom. The second-order valence-corrected chi connectivity index (χ2v) is 8.34. The summed E-state index contributed by atoms with van der Waals surface area (Å²) in [6.07, 6.45) is 2.29. The first-order valence-corrected chi connectivity index (χ1v) is 8.77. The van der Waals surface area contributed by atoms with Gasteiger partial charge in [-0.25, -0.2) is 8.42 Å². The number of hydrogen-bond acceptors (Lipinski definition) is 4. The quantitative estimate of drug-likeness (QED) is 0.794. The highest BCUT2D eigenvalue weighted by molar-refractivity contribution is 7.92. The maximum Gasteiger partial charge on any atom is 0.153 e. The lowest BCUT2D eigenvalue weighted by molar-refractivity contribution is 0.135. The maximum absolute atomic E-state index is 11.9. The van der Waals surface area contributed by atoms with Crippen LogP contribution >= 0.6 is 0 Å². The predicted molar refractivity (Wildman–Crippen MR) is 76.7 cm³/mol. The maximum atomic E-state index is 11.9. The van der Waals surface area contributed by atoms with Gasteiger partial charge in [-0.3, -0.25) is 4.90 Å². The molecular weight excluding hydrogens is 248 g/mol. The van der Waals surface area contributed by atoms with Crippen molar-refractivity contribution >= 4 is 9.84 Å².